The Labute approximate surface area is 216 Å². The largest absolute Gasteiger partial charge is 0.508 e. The minimum atomic E-state index is -2.59. The Bertz CT molecular complexity index is 1230. The van der Waals surface area contributed by atoms with E-state index < -0.39 is 52.3 Å². The molecule has 0 bridgehead atoms. The Morgan fingerprint density at radius 2 is 1.86 bits per heavy atom. The van der Waals surface area contributed by atoms with E-state index in [1.807, 2.05) is 32.0 Å². The fourth-order valence-electron chi connectivity index (χ4n) is 6.08. The lowest BCUT2D eigenvalue weighted by molar-refractivity contribution is -0.153. The second-order valence-electron chi connectivity index (χ2n) is 10.5. The summed E-state index contributed by atoms with van der Waals surface area (Å²) in [5.74, 6) is -5.47. The molecule has 4 rings (SSSR count). The van der Waals surface area contributed by atoms with E-state index in [0.29, 0.717) is 24.3 Å². The summed E-state index contributed by atoms with van der Waals surface area (Å²) in [5, 5.41) is 34.2. The number of ether oxygens (including phenoxy) is 1. The summed E-state index contributed by atoms with van der Waals surface area (Å²) in [6, 6.07) is 2.57. The Kier molecular flexibility index (Phi) is 6.85. The minimum Gasteiger partial charge on any atom is -0.508 e. The molecule has 1 aromatic rings. The van der Waals surface area contributed by atoms with E-state index in [4.69, 9.17) is 10.5 Å². The number of anilines is 1. The highest BCUT2D eigenvalue weighted by Gasteiger charge is 2.64. The Morgan fingerprint density at radius 3 is 2.43 bits per heavy atom. The van der Waals surface area contributed by atoms with Gasteiger partial charge in [0.2, 0.25) is 5.78 Å². The first-order valence-corrected chi connectivity index (χ1v) is 12.5. The zero-order valence-corrected chi connectivity index (χ0v) is 21.9. The van der Waals surface area contributed by atoms with Crippen molar-refractivity contribution < 1.29 is 34.4 Å². The summed E-state index contributed by atoms with van der Waals surface area (Å²) in [6.07, 6.45) is 2.19. The molecule has 0 aliphatic heterocycles. The summed E-state index contributed by atoms with van der Waals surface area (Å²) >= 11 is 0. The Hall–Kier alpha value is -3.37. The predicted octanol–water partition coefficient (Wildman–Crippen LogP) is 1.50. The zero-order valence-electron chi connectivity index (χ0n) is 21.9. The van der Waals surface area contributed by atoms with Gasteiger partial charge in [-0.2, -0.15) is 0 Å². The third kappa shape index (κ3) is 3.90. The number of carbonyl (C=O) groups excluding carboxylic acids is 3. The van der Waals surface area contributed by atoms with Crippen molar-refractivity contribution in [3.63, 3.8) is 0 Å². The van der Waals surface area contributed by atoms with Crippen molar-refractivity contribution in [3.05, 3.63) is 40.2 Å². The Morgan fingerprint density at radius 1 is 1.19 bits per heavy atom. The van der Waals surface area contributed by atoms with Gasteiger partial charge in [0.25, 0.3) is 5.91 Å². The maximum absolute atomic E-state index is 14.0. The molecule has 0 heterocycles. The van der Waals surface area contributed by atoms with E-state index in [1.54, 1.807) is 20.2 Å². The molecule has 4 atom stereocenters. The third-order valence-corrected chi connectivity index (χ3v) is 7.80. The van der Waals surface area contributed by atoms with Crippen molar-refractivity contribution in [1.82, 2.24) is 4.90 Å². The average molecular weight is 514 g/mol. The van der Waals surface area contributed by atoms with Gasteiger partial charge in [-0.3, -0.25) is 19.3 Å². The van der Waals surface area contributed by atoms with E-state index in [0.717, 1.165) is 24.1 Å². The van der Waals surface area contributed by atoms with Crippen LogP contribution in [0.4, 0.5) is 5.69 Å². The minimum absolute atomic E-state index is 0.0512. The first-order valence-electron chi connectivity index (χ1n) is 12.5. The number of nitrogens with zero attached hydrogens (tertiary/aromatic N) is 2. The van der Waals surface area contributed by atoms with Crippen LogP contribution in [-0.2, 0) is 20.8 Å². The van der Waals surface area contributed by atoms with E-state index >= 15 is 0 Å². The normalized spacial score (nSPS) is 27.2. The van der Waals surface area contributed by atoms with Gasteiger partial charge in [0.15, 0.2) is 11.4 Å². The lowest BCUT2D eigenvalue weighted by atomic mass is 9.57. The van der Waals surface area contributed by atoms with Gasteiger partial charge in [0.1, 0.15) is 22.8 Å². The molecule has 3 aliphatic rings. The van der Waals surface area contributed by atoms with Gasteiger partial charge in [-0.05, 0) is 57.0 Å². The fraction of sp³-hybridized carbons (Fsp3) is 0.519. The van der Waals surface area contributed by atoms with Crippen LogP contribution < -0.4 is 15.4 Å². The molecule has 10 heteroatoms. The molecule has 1 aromatic carbocycles. The highest BCUT2D eigenvalue weighted by Crippen LogP contribution is 2.53. The number of aliphatic hydroxyl groups is 3. The third-order valence-electron chi connectivity index (χ3n) is 7.80. The van der Waals surface area contributed by atoms with Crippen molar-refractivity contribution in [3.8, 4) is 5.75 Å². The maximum Gasteiger partial charge on any atom is 0.255 e. The molecule has 1 saturated carbocycles. The van der Waals surface area contributed by atoms with E-state index in [9.17, 15) is 29.7 Å². The second kappa shape index (κ2) is 9.50. The van der Waals surface area contributed by atoms with E-state index in [2.05, 4.69) is 0 Å². The number of rotatable bonds is 7. The van der Waals surface area contributed by atoms with Crippen LogP contribution >= 0.6 is 0 Å². The first kappa shape index (κ1) is 26.7. The summed E-state index contributed by atoms with van der Waals surface area (Å²) < 4.78 is 5.97. The van der Waals surface area contributed by atoms with Gasteiger partial charge < -0.3 is 30.7 Å². The number of aliphatic hydroxyl groups excluding tert-OH is 2. The molecule has 1 amide bonds. The number of carbonyl (C=O) groups is 3. The lowest BCUT2D eigenvalue weighted by Crippen LogP contribution is -2.65. The monoisotopic (exact) mass is 513 g/mol. The van der Waals surface area contributed by atoms with Crippen LogP contribution in [0, 0.1) is 11.8 Å². The molecule has 5 N–H and O–H groups in total. The van der Waals surface area contributed by atoms with Gasteiger partial charge in [0.05, 0.1) is 18.2 Å². The van der Waals surface area contributed by atoms with Crippen LogP contribution in [0.1, 0.15) is 37.3 Å². The summed E-state index contributed by atoms with van der Waals surface area (Å²) in [4.78, 5) is 42.7. The van der Waals surface area contributed by atoms with Crippen LogP contribution in [0.5, 0.6) is 5.75 Å². The van der Waals surface area contributed by atoms with Crippen LogP contribution in [0.3, 0.4) is 0 Å². The summed E-state index contributed by atoms with van der Waals surface area (Å²) in [7, 11) is 6.95. The highest BCUT2D eigenvalue weighted by atomic mass is 16.5. The molecule has 3 aliphatic carbocycles. The van der Waals surface area contributed by atoms with Crippen molar-refractivity contribution in [1.29, 1.82) is 0 Å². The molecule has 1 unspecified atom stereocenters. The first-order chi connectivity index (χ1) is 17.4. The van der Waals surface area contributed by atoms with Gasteiger partial charge in [-0.15, -0.1) is 0 Å². The number of unbranched alkanes of at least 4 members (excludes halogenated alkanes) is 1. The number of benzene rings is 1. The van der Waals surface area contributed by atoms with Crippen molar-refractivity contribution in [2.75, 3.05) is 39.7 Å². The number of ketones is 2. The second-order valence-corrected chi connectivity index (χ2v) is 10.5. The van der Waals surface area contributed by atoms with E-state index in [-0.39, 0.29) is 17.8 Å². The zero-order chi connectivity index (χ0) is 27.4. The number of amides is 1. The molecule has 10 nitrogen and oxygen atoms in total. The van der Waals surface area contributed by atoms with Gasteiger partial charge in [0, 0.05) is 31.3 Å². The SMILES string of the molecule is CCCCOc1ccc(N(C)C)c2c1C(O)=C1C(=O)[C@]3(O)C(O)=C(C(N)=O)C(=O)C(N(C)C)[C@@H]3C[C@@H]1C2. The molecule has 0 saturated heterocycles. The van der Waals surface area contributed by atoms with Gasteiger partial charge >= 0.3 is 0 Å². The van der Waals surface area contributed by atoms with Gasteiger partial charge in [-0.25, -0.2) is 0 Å². The molecule has 37 heavy (non-hydrogen) atoms. The lowest BCUT2D eigenvalue weighted by Gasteiger charge is -2.50. The highest BCUT2D eigenvalue weighted by molar-refractivity contribution is 6.24. The Balaban J connectivity index is 1.95. The topological polar surface area (TPSA) is 154 Å². The number of hydrogen-bond acceptors (Lipinski definition) is 9. The van der Waals surface area contributed by atoms with Crippen molar-refractivity contribution in [2.24, 2.45) is 17.6 Å². The predicted molar refractivity (Wildman–Crippen MR) is 137 cm³/mol. The standard InChI is InChI=1S/C27H35N3O7/c1-6-7-10-37-17-9-8-16(29(2)3)14-11-13-12-15-21(30(4)5)23(32)20(26(28)35)25(34)27(15,36)24(33)18(13)22(31)19(14)17/h8-9,13,15,21,31,34,36H,6-7,10-12H2,1-5H3,(H2,28,35)/t13-,15-,21?,27-/m0/s1. The number of hydrogen-bond donors (Lipinski definition) is 4. The average Bonchev–Trinajstić information content (AvgIpc) is 2.81. The fourth-order valence-corrected chi connectivity index (χ4v) is 6.08. The van der Waals surface area contributed by atoms with Crippen LogP contribution in [0.25, 0.3) is 5.76 Å². The van der Waals surface area contributed by atoms with Crippen molar-refractivity contribution >= 4 is 28.9 Å². The number of fused-ring (bicyclic) bond motifs is 3. The van der Waals surface area contributed by atoms with Gasteiger partial charge in [-0.1, -0.05) is 13.3 Å². The van der Waals surface area contributed by atoms with Crippen molar-refractivity contribution in [2.45, 2.75) is 44.2 Å². The summed E-state index contributed by atoms with van der Waals surface area (Å²) in [5.41, 5.74) is 3.96. The molecule has 0 radical (unpaired) electrons. The number of likely N-dealkylation sites (N-methyl/N-ethyl adjacent to an activating group) is 1. The smallest absolute Gasteiger partial charge is 0.255 e. The van der Waals surface area contributed by atoms with E-state index in [1.165, 1.54) is 4.90 Å². The molecule has 0 spiro atoms. The number of nitrogens with two attached hydrogens (primary N) is 1. The molecular formula is C27H35N3O7. The molecular weight excluding hydrogens is 478 g/mol. The molecule has 1 fully saturated rings. The molecule has 0 aromatic heterocycles. The van der Waals surface area contributed by atoms with Crippen LogP contribution in [-0.4, -0.2) is 84.1 Å². The number of primary amides is 1. The van der Waals surface area contributed by atoms with Crippen LogP contribution in [0.2, 0.25) is 0 Å². The summed E-state index contributed by atoms with van der Waals surface area (Å²) in [6.45, 7) is 2.46. The van der Waals surface area contributed by atoms with Crippen LogP contribution in [0.15, 0.2) is 29.0 Å². The molecule has 200 valence electrons. The quantitative estimate of drug-likeness (QED) is 0.314. The number of Topliss-reactive ketones (excluding diaryl/α,β-unsaturated/α-hetero) is 2. The maximum atomic E-state index is 14.0.